The van der Waals surface area contributed by atoms with Gasteiger partial charge in [0.2, 0.25) is 5.91 Å². The van der Waals surface area contributed by atoms with E-state index in [2.05, 4.69) is 16.0 Å². The van der Waals surface area contributed by atoms with Crippen molar-refractivity contribution >= 4 is 11.6 Å². The van der Waals surface area contributed by atoms with Crippen LogP contribution in [0.4, 0.5) is 5.69 Å². The number of rotatable bonds is 3. The fourth-order valence-electron chi connectivity index (χ4n) is 3.54. The zero-order valence-corrected chi connectivity index (χ0v) is 12.4. The van der Waals surface area contributed by atoms with Crippen molar-refractivity contribution in [3.8, 4) is 6.07 Å². The van der Waals surface area contributed by atoms with Crippen molar-refractivity contribution in [3.05, 3.63) is 24.0 Å². The average Bonchev–Trinajstić information content (AvgIpc) is 3.05. The number of hydrogen-bond acceptors (Lipinski definition) is 5. The number of anilines is 1. The summed E-state index contributed by atoms with van der Waals surface area (Å²) < 4.78 is 5.77. The van der Waals surface area contributed by atoms with Crippen LogP contribution in [0.2, 0.25) is 0 Å². The fraction of sp³-hybridized carbons (Fsp3) is 0.562. The predicted octanol–water partition coefficient (Wildman–Crippen LogP) is 1.06. The van der Waals surface area contributed by atoms with Gasteiger partial charge in [0.1, 0.15) is 11.8 Å². The summed E-state index contributed by atoms with van der Waals surface area (Å²) in [6.07, 6.45) is 4.34. The lowest BCUT2D eigenvalue weighted by Crippen LogP contribution is -2.42. The molecule has 2 aliphatic rings. The van der Waals surface area contributed by atoms with Crippen LogP contribution in [0.25, 0.3) is 0 Å². The number of amides is 1. The molecule has 2 atom stereocenters. The summed E-state index contributed by atoms with van der Waals surface area (Å²) in [6.45, 7) is 2.42. The Morgan fingerprint density at radius 2 is 2.18 bits per heavy atom. The normalized spacial score (nSPS) is 25.9. The lowest BCUT2D eigenvalue weighted by atomic mass is 9.84. The molecular formula is C16H20N4O2. The Kier molecular flexibility index (Phi) is 4.25. The van der Waals surface area contributed by atoms with E-state index in [4.69, 9.17) is 15.7 Å². The topological polar surface area (TPSA) is 92.2 Å². The van der Waals surface area contributed by atoms with Gasteiger partial charge in [-0.2, -0.15) is 5.26 Å². The minimum absolute atomic E-state index is 0.0215. The molecule has 0 aliphatic carbocycles. The number of ether oxygens (including phenoxy) is 1. The largest absolute Gasteiger partial charge is 0.377 e. The number of primary amides is 1. The van der Waals surface area contributed by atoms with Crippen molar-refractivity contribution in [2.24, 2.45) is 17.6 Å². The molecular weight excluding hydrogens is 280 g/mol. The Morgan fingerprint density at radius 3 is 2.86 bits per heavy atom. The van der Waals surface area contributed by atoms with Crippen LogP contribution in [0.1, 0.15) is 25.0 Å². The van der Waals surface area contributed by atoms with Crippen molar-refractivity contribution in [3.63, 3.8) is 0 Å². The van der Waals surface area contributed by atoms with Crippen LogP contribution < -0.4 is 10.6 Å². The maximum Gasteiger partial charge on any atom is 0.223 e. The number of carbonyl (C=O) groups is 1. The van der Waals surface area contributed by atoms with Gasteiger partial charge in [0.25, 0.3) is 0 Å². The van der Waals surface area contributed by atoms with Crippen molar-refractivity contribution in [2.75, 3.05) is 24.6 Å². The summed E-state index contributed by atoms with van der Waals surface area (Å²) in [4.78, 5) is 17.8. The van der Waals surface area contributed by atoms with Gasteiger partial charge in [0.15, 0.2) is 0 Å². The molecule has 0 spiro atoms. The zero-order valence-electron chi connectivity index (χ0n) is 12.4. The Bertz CT molecular complexity index is 590. The summed E-state index contributed by atoms with van der Waals surface area (Å²) in [7, 11) is 0. The standard InChI is InChI=1S/C16H20N4O2/c17-10-12-9-13(1-5-19-12)20-6-2-11(3-7-20)15-14(16(18)21)4-8-22-15/h1,5,9,11,14-15H,2-4,6-8H2,(H2,18,21)/t14-,15+/m0/s1. The molecule has 1 aromatic heterocycles. The summed E-state index contributed by atoms with van der Waals surface area (Å²) in [5.74, 6) is 0.00826. The molecule has 2 aliphatic heterocycles. The highest BCUT2D eigenvalue weighted by molar-refractivity contribution is 5.77. The molecule has 1 amide bonds. The van der Waals surface area contributed by atoms with Gasteiger partial charge in [-0.15, -0.1) is 0 Å². The van der Waals surface area contributed by atoms with Crippen LogP contribution in [0.15, 0.2) is 18.3 Å². The Labute approximate surface area is 129 Å². The first-order valence-electron chi connectivity index (χ1n) is 7.71. The van der Waals surface area contributed by atoms with E-state index in [0.29, 0.717) is 18.2 Å². The van der Waals surface area contributed by atoms with Crippen LogP contribution in [-0.4, -0.2) is 36.7 Å². The van der Waals surface area contributed by atoms with E-state index in [9.17, 15) is 4.79 Å². The first-order chi connectivity index (χ1) is 10.7. The molecule has 116 valence electrons. The van der Waals surface area contributed by atoms with E-state index in [1.165, 1.54) is 0 Å². The lowest BCUT2D eigenvalue weighted by Gasteiger charge is -2.36. The van der Waals surface area contributed by atoms with E-state index < -0.39 is 0 Å². The minimum atomic E-state index is -0.238. The number of hydrogen-bond donors (Lipinski definition) is 1. The third-order valence-corrected chi connectivity index (χ3v) is 4.73. The number of nitriles is 1. The second-order valence-electron chi connectivity index (χ2n) is 5.97. The quantitative estimate of drug-likeness (QED) is 0.901. The van der Waals surface area contributed by atoms with Gasteiger partial charge < -0.3 is 15.4 Å². The number of pyridine rings is 1. The fourth-order valence-corrected chi connectivity index (χ4v) is 3.54. The summed E-state index contributed by atoms with van der Waals surface area (Å²) in [5.41, 5.74) is 6.95. The van der Waals surface area contributed by atoms with Crippen LogP contribution >= 0.6 is 0 Å². The van der Waals surface area contributed by atoms with Gasteiger partial charge in [0.05, 0.1) is 12.0 Å². The zero-order chi connectivity index (χ0) is 15.5. The number of carbonyl (C=O) groups excluding carboxylic acids is 1. The van der Waals surface area contributed by atoms with Gasteiger partial charge in [0, 0.05) is 31.6 Å². The molecule has 1 aromatic rings. The maximum atomic E-state index is 11.5. The second kappa shape index (κ2) is 6.32. The third kappa shape index (κ3) is 2.90. The van der Waals surface area contributed by atoms with Crippen molar-refractivity contribution < 1.29 is 9.53 Å². The van der Waals surface area contributed by atoms with Gasteiger partial charge in [-0.3, -0.25) is 4.79 Å². The van der Waals surface area contributed by atoms with Crippen LogP contribution in [0.5, 0.6) is 0 Å². The number of nitrogens with two attached hydrogens (primary N) is 1. The van der Waals surface area contributed by atoms with Gasteiger partial charge in [-0.05, 0) is 37.3 Å². The van der Waals surface area contributed by atoms with Crippen LogP contribution in [0.3, 0.4) is 0 Å². The molecule has 3 heterocycles. The highest BCUT2D eigenvalue weighted by Gasteiger charge is 2.39. The third-order valence-electron chi connectivity index (χ3n) is 4.73. The van der Waals surface area contributed by atoms with Crippen LogP contribution in [-0.2, 0) is 9.53 Å². The lowest BCUT2D eigenvalue weighted by molar-refractivity contribution is -0.124. The molecule has 0 bridgehead atoms. The van der Waals surface area contributed by atoms with Gasteiger partial charge >= 0.3 is 0 Å². The predicted molar refractivity (Wildman–Crippen MR) is 80.9 cm³/mol. The minimum Gasteiger partial charge on any atom is -0.377 e. The molecule has 2 saturated heterocycles. The Morgan fingerprint density at radius 1 is 1.41 bits per heavy atom. The highest BCUT2D eigenvalue weighted by atomic mass is 16.5. The molecule has 2 N–H and O–H groups in total. The van der Waals surface area contributed by atoms with E-state index in [0.717, 1.165) is 38.0 Å². The summed E-state index contributed by atoms with van der Waals surface area (Å²) in [6, 6.07) is 5.82. The monoisotopic (exact) mass is 300 g/mol. The van der Waals surface area contributed by atoms with Crippen molar-refractivity contribution in [1.29, 1.82) is 5.26 Å². The van der Waals surface area contributed by atoms with E-state index in [1.807, 2.05) is 12.1 Å². The van der Waals surface area contributed by atoms with Crippen LogP contribution in [0, 0.1) is 23.2 Å². The van der Waals surface area contributed by atoms with E-state index in [1.54, 1.807) is 6.20 Å². The maximum absolute atomic E-state index is 11.5. The molecule has 3 rings (SSSR count). The van der Waals surface area contributed by atoms with E-state index >= 15 is 0 Å². The summed E-state index contributed by atoms with van der Waals surface area (Å²) >= 11 is 0. The summed E-state index contributed by atoms with van der Waals surface area (Å²) in [5, 5.41) is 8.94. The molecule has 22 heavy (non-hydrogen) atoms. The molecule has 6 nitrogen and oxygen atoms in total. The molecule has 0 radical (unpaired) electrons. The van der Waals surface area contributed by atoms with Gasteiger partial charge in [-0.25, -0.2) is 4.98 Å². The first-order valence-corrected chi connectivity index (χ1v) is 7.71. The molecule has 0 unspecified atom stereocenters. The number of piperidine rings is 1. The SMILES string of the molecule is N#Cc1cc(N2CCC([C@H]3OCC[C@@H]3C(N)=O)CC2)ccn1. The molecule has 0 saturated carbocycles. The van der Waals surface area contributed by atoms with Crippen molar-refractivity contribution in [2.45, 2.75) is 25.4 Å². The average molecular weight is 300 g/mol. The first kappa shape index (κ1) is 14.8. The van der Waals surface area contributed by atoms with E-state index in [-0.39, 0.29) is 17.9 Å². The number of nitrogens with zero attached hydrogens (tertiary/aromatic N) is 3. The second-order valence-corrected chi connectivity index (χ2v) is 5.97. The smallest absolute Gasteiger partial charge is 0.223 e. The van der Waals surface area contributed by atoms with Gasteiger partial charge in [-0.1, -0.05) is 0 Å². The Hall–Kier alpha value is -2.13. The highest BCUT2D eigenvalue weighted by Crippen LogP contribution is 2.34. The molecule has 2 fully saturated rings. The molecule has 0 aromatic carbocycles. The number of aromatic nitrogens is 1. The van der Waals surface area contributed by atoms with Crippen molar-refractivity contribution in [1.82, 2.24) is 4.98 Å². The molecule has 6 heteroatoms. The Balaban J connectivity index is 1.63.